The van der Waals surface area contributed by atoms with E-state index in [1.807, 2.05) is 0 Å². The Hall–Kier alpha value is -3.42. The Morgan fingerprint density at radius 2 is 1.45 bits per heavy atom. The number of para-hydroxylation sites is 1. The number of nitrogens with one attached hydrogen (secondary N) is 1. The molecule has 1 aliphatic heterocycles. The number of carbonyl (C=O) groups excluding carboxylic acids is 3. The van der Waals surface area contributed by atoms with Crippen LogP contribution in [0.4, 0.5) is 24.5 Å². The number of imide groups is 1. The number of anilines is 2. The fourth-order valence-corrected chi connectivity index (χ4v) is 6.01. The van der Waals surface area contributed by atoms with E-state index in [0.29, 0.717) is 17.5 Å². The minimum atomic E-state index is -4.60. The van der Waals surface area contributed by atoms with Crippen LogP contribution in [0.3, 0.4) is 0 Å². The molecule has 4 aliphatic carbocycles. The van der Waals surface area contributed by atoms with Gasteiger partial charge in [-0.05, 0) is 66.5 Å². The molecule has 5 aliphatic rings. The third-order valence-corrected chi connectivity index (χ3v) is 7.53. The molecule has 1 N–H and O–H groups in total. The molecule has 33 heavy (non-hydrogen) atoms. The molecule has 1 heterocycles. The van der Waals surface area contributed by atoms with Crippen LogP contribution < -0.4 is 10.2 Å². The molecule has 2 aromatic rings. The first-order valence-corrected chi connectivity index (χ1v) is 10.9. The SMILES string of the molecule is O=C(Nc1ccccc1C(F)(F)F)c1ccc(N2C(=O)[C@@H]3[C@H]4C=C[C@@H]([C@@H]5C[C@@H]45)[C@@H]3C2=O)cc1. The first-order valence-electron chi connectivity index (χ1n) is 10.9. The van der Waals surface area contributed by atoms with Crippen LogP contribution >= 0.6 is 0 Å². The van der Waals surface area contributed by atoms with E-state index in [1.54, 1.807) is 0 Å². The molecule has 168 valence electrons. The quantitative estimate of drug-likeness (QED) is 0.550. The molecule has 6 atom stereocenters. The highest BCUT2D eigenvalue weighted by atomic mass is 19.4. The van der Waals surface area contributed by atoms with Crippen LogP contribution in [0.15, 0.2) is 60.7 Å². The van der Waals surface area contributed by atoms with Crippen LogP contribution in [-0.2, 0) is 15.8 Å². The summed E-state index contributed by atoms with van der Waals surface area (Å²) in [4.78, 5) is 40.1. The normalized spacial score (nSPS) is 31.4. The van der Waals surface area contributed by atoms with E-state index in [-0.39, 0.29) is 46.7 Å². The van der Waals surface area contributed by atoms with Crippen molar-refractivity contribution in [2.75, 3.05) is 10.2 Å². The van der Waals surface area contributed by atoms with Gasteiger partial charge in [-0.25, -0.2) is 0 Å². The number of hydrogen-bond donors (Lipinski definition) is 1. The van der Waals surface area contributed by atoms with Crippen LogP contribution in [0, 0.1) is 35.5 Å². The second kappa shape index (κ2) is 6.79. The molecule has 2 saturated carbocycles. The number of allylic oxidation sites excluding steroid dienone is 2. The van der Waals surface area contributed by atoms with Gasteiger partial charge in [0.25, 0.3) is 5.91 Å². The molecule has 3 fully saturated rings. The number of rotatable bonds is 3. The first kappa shape index (κ1) is 20.2. The van der Waals surface area contributed by atoms with Crippen molar-refractivity contribution in [3.63, 3.8) is 0 Å². The molecule has 5 nitrogen and oxygen atoms in total. The maximum absolute atomic E-state index is 13.2. The predicted molar refractivity (Wildman–Crippen MR) is 113 cm³/mol. The third kappa shape index (κ3) is 2.96. The number of alkyl halides is 3. The summed E-state index contributed by atoms with van der Waals surface area (Å²) in [6.45, 7) is 0. The van der Waals surface area contributed by atoms with Crippen molar-refractivity contribution < 1.29 is 27.6 Å². The highest BCUT2D eigenvalue weighted by Crippen LogP contribution is 2.65. The molecule has 0 radical (unpaired) electrons. The van der Waals surface area contributed by atoms with Crippen LogP contribution in [0.2, 0.25) is 0 Å². The average molecular weight is 452 g/mol. The molecule has 2 bridgehead atoms. The molecular formula is C25H19F3N2O3. The van der Waals surface area contributed by atoms with E-state index in [1.165, 1.54) is 47.4 Å². The molecular weight excluding hydrogens is 433 g/mol. The topological polar surface area (TPSA) is 66.5 Å². The van der Waals surface area contributed by atoms with Gasteiger partial charge in [0.05, 0.1) is 28.8 Å². The summed E-state index contributed by atoms with van der Waals surface area (Å²) < 4.78 is 39.6. The van der Waals surface area contributed by atoms with Gasteiger partial charge in [0.15, 0.2) is 0 Å². The van der Waals surface area contributed by atoms with Gasteiger partial charge >= 0.3 is 6.18 Å². The fraction of sp³-hybridized carbons (Fsp3) is 0.320. The number of carbonyl (C=O) groups is 3. The van der Waals surface area contributed by atoms with Gasteiger partial charge in [0.2, 0.25) is 11.8 Å². The summed E-state index contributed by atoms with van der Waals surface area (Å²) in [6.07, 6.45) is 0.675. The summed E-state index contributed by atoms with van der Waals surface area (Å²) in [6, 6.07) is 10.5. The van der Waals surface area contributed by atoms with Crippen molar-refractivity contribution in [1.29, 1.82) is 0 Å². The van der Waals surface area contributed by atoms with Crippen LogP contribution in [-0.4, -0.2) is 17.7 Å². The van der Waals surface area contributed by atoms with Gasteiger partial charge in [-0.2, -0.15) is 13.2 Å². The van der Waals surface area contributed by atoms with E-state index >= 15 is 0 Å². The minimum Gasteiger partial charge on any atom is -0.321 e. The second-order valence-corrected chi connectivity index (χ2v) is 9.21. The molecule has 0 spiro atoms. The van der Waals surface area contributed by atoms with E-state index in [2.05, 4.69) is 17.5 Å². The smallest absolute Gasteiger partial charge is 0.321 e. The lowest BCUT2D eigenvalue weighted by molar-refractivity contribution is -0.137. The van der Waals surface area contributed by atoms with Crippen LogP contribution in [0.25, 0.3) is 0 Å². The minimum absolute atomic E-state index is 0.116. The summed E-state index contributed by atoms with van der Waals surface area (Å²) in [5.74, 6) is -0.524. The van der Waals surface area contributed by atoms with E-state index < -0.39 is 17.6 Å². The van der Waals surface area contributed by atoms with Gasteiger partial charge in [0, 0.05) is 5.56 Å². The zero-order chi connectivity index (χ0) is 23.1. The van der Waals surface area contributed by atoms with Crippen molar-refractivity contribution in [3.05, 3.63) is 71.8 Å². The predicted octanol–water partition coefficient (Wildman–Crippen LogP) is 4.52. The summed E-state index contributed by atoms with van der Waals surface area (Å²) in [5, 5.41) is 2.30. The molecule has 0 unspecified atom stereocenters. The maximum atomic E-state index is 13.2. The maximum Gasteiger partial charge on any atom is 0.418 e. The Kier molecular flexibility index (Phi) is 4.16. The van der Waals surface area contributed by atoms with Gasteiger partial charge < -0.3 is 5.32 Å². The van der Waals surface area contributed by atoms with Gasteiger partial charge in [-0.15, -0.1) is 0 Å². The summed E-state index contributed by atoms with van der Waals surface area (Å²) in [7, 11) is 0. The molecule has 1 saturated heterocycles. The second-order valence-electron chi connectivity index (χ2n) is 9.21. The Bertz CT molecular complexity index is 1180. The van der Waals surface area contributed by atoms with Crippen molar-refractivity contribution in [2.45, 2.75) is 12.6 Å². The highest BCUT2D eigenvalue weighted by molar-refractivity contribution is 6.22. The molecule has 7 rings (SSSR count). The van der Waals surface area contributed by atoms with E-state index in [9.17, 15) is 27.6 Å². The Balaban J connectivity index is 1.23. The van der Waals surface area contributed by atoms with Crippen molar-refractivity contribution >= 4 is 29.1 Å². The van der Waals surface area contributed by atoms with Crippen molar-refractivity contribution in [2.24, 2.45) is 35.5 Å². The lowest BCUT2D eigenvalue weighted by Gasteiger charge is -2.37. The molecule has 8 heteroatoms. The van der Waals surface area contributed by atoms with E-state index in [4.69, 9.17) is 0 Å². The Morgan fingerprint density at radius 1 is 0.879 bits per heavy atom. The summed E-state index contributed by atoms with van der Waals surface area (Å²) >= 11 is 0. The fourth-order valence-electron chi connectivity index (χ4n) is 6.01. The average Bonchev–Trinajstić information content (AvgIpc) is 3.57. The molecule has 2 aromatic carbocycles. The highest BCUT2D eigenvalue weighted by Gasteiger charge is 2.67. The standard InChI is InChI=1S/C25H19F3N2O3/c26-25(27,28)18-3-1-2-4-19(18)29-22(31)12-5-7-13(8-6-12)30-23(32)20-14-9-10-15(17-11-16(14)17)21(20)24(30)33/h1-10,14-17,20-21H,11H2,(H,29,31)/t14-,15-,16-,17-,20-,21+/m0/s1. The third-order valence-electron chi connectivity index (χ3n) is 7.53. The Morgan fingerprint density at radius 3 is 2.03 bits per heavy atom. The molecule has 0 aromatic heterocycles. The number of benzene rings is 2. The number of halogens is 3. The zero-order valence-electron chi connectivity index (χ0n) is 17.3. The monoisotopic (exact) mass is 452 g/mol. The lowest BCUT2D eigenvalue weighted by Crippen LogP contribution is -2.40. The zero-order valence-corrected chi connectivity index (χ0v) is 17.3. The van der Waals surface area contributed by atoms with Crippen molar-refractivity contribution in [3.8, 4) is 0 Å². The number of amides is 3. The summed E-state index contributed by atoms with van der Waals surface area (Å²) in [5.41, 5.74) is -0.781. The number of hydrogen-bond acceptors (Lipinski definition) is 3. The van der Waals surface area contributed by atoms with Crippen molar-refractivity contribution in [1.82, 2.24) is 0 Å². The molecule has 3 amide bonds. The number of nitrogens with zero attached hydrogens (tertiary/aromatic N) is 1. The first-order chi connectivity index (χ1) is 15.8. The van der Waals surface area contributed by atoms with Crippen LogP contribution in [0.1, 0.15) is 22.3 Å². The Labute approximate surface area is 187 Å². The van der Waals surface area contributed by atoms with E-state index in [0.717, 1.165) is 12.5 Å². The van der Waals surface area contributed by atoms with Crippen LogP contribution in [0.5, 0.6) is 0 Å². The van der Waals surface area contributed by atoms with Gasteiger partial charge in [0.1, 0.15) is 0 Å². The van der Waals surface area contributed by atoms with Gasteiger partial charge in [-0.3, -0.25) is 19.3 Å². The largest absolute Gasteiger partial charge is 0.418 e. The van der Waals surface area contributed by atoms with Gasteiger partial charge in [-0.1, -0.05) is 24.3 Å². The lowest BCUT2D eigenvalue weighted by atomic mass is 9.63.